The SMILES string of the molecule is CC1CCC(C(=O)O)CN1C(=O)c1ccccc1I. The molecule has 1 aromatic rings. The van der Waals surface area contributed by atoms with Gasteiger partial charge in [-0.2, -0.15) is 0 Å². The molecule has 2 unspecified atom stereocenters. The Morgan fingerprint density at radius 2 is 2.00 bits per heavy atom. The highest BCUT2D eigenvalue weighted by Crippen LogP contribution is 2.25. The summed E-state index contributed by atoms with van der Waals surface area (Å²) >= 11 is 2.13. The summed E-state index contributed by atoms with van der Waals surface area (Å²) in [4.78, 5) is 25.3. The highest BCUT2D eigenvalue weighted by atomic mass is 127. The molecule has 0 spiro atoms. The molecule has 0 aromatic heterocycles. The van der Waals surface area contributed by atoms with Crippen molar-refractivity contribution in [1.29, 1.82) is 0 Å². The maximum Gasteiger partial charge on any atom is 0.308 e. The number of carboxylic acids is 1. The molecule has 102 valence electrons. The van der Waals surface area contributed by atoms with Gasteiger partial charge in [-0.05, 0) is 54.5 Å². The van der Waals surface area contributed by atoms with Gasteiger partial charge in [0.15, 0.2) is 0 Å². The van der Waals surface area contributed by atoms with E-state index in [4.69, 9.17) is 5.11 Å². The van der Waals surface area contributed by atoms with E-state index in [1.807, 2.05) is 25.1 Å². The van der Waals surface area contributed by atoms with Crippen molar-refractivity contribution in [2.24, 2.45) is 5.92 Å². The van der Waals surface area contributed by atoms with Crippen LogP contribution in [0.3, 0.4) is 0 Å². The van der Waals surface area contributed by atoms with Crippen LogP contribution in [0, 0.1) is 9.49 Å². The first-order chi connectivity index (χ1) is 9.00. The van der Waals surface area contributed by atoms with Gasteiger partial charge in [-0.15, -0.1) is 0 Å². The fourth-order valence-electron chi connectivity index (χ4n) is 2.38. The fraction of sp³-hybridized carbons (Fsp3) is 0.429. The summed E-state index contributed by atoms with van der Waals surface area (Å²) in [7, 11) is 0. The van der Waals surface area contributed by atoms with Crippen molar-refractivity contribution in [3.8, 4) is 0 Å². The van der Waals surface area contributed by atoms with E-state index in [2.05, 4.69) is 22.6 Å². The third kappa shape index (κ3) is 3.08. The van der Waals surface area contributed by atoms with Gasteiger partial charge in [0, 0.05) is 16.2 Å². The zero-order valence-electron chi connectivity index (χ0n) is 10.7. The Morgan fingerprint density at radius 1 is 1.32 bits per heavy atom. The number of carbonyl (C=O) groups is 2. The Balaban J connectivity index is 2.22. The summed E-state index contributed by atoms with van der Waals surface area (Å²) in [6.07, 6.45) is 1.39. The van der Waals surface area contributed by atoms with Crippen LogP contribution in [-0.4, -0.2) is 34.5 Å². The molecule has 19 heavy (non-hydrogen) atoms. The van der Waals surface area contributed by atoms with Gasteiger partial charge < -0.3 is 10.0 Å². The van der Waals surface area contributed by atoms with E-state index in [-0.39, 0.29) is 11.9 Å². The van der Waals surface area contributed by atoms with Gasteiger partial charge in [-0.3, -0.25) is 9.59 Å². The fourth-order valence-corrected chi connectivity index (χ4v) is 3.00. The first kappa shape index (κ1) is 14.3. The van der Waals surface area contributed by atoms with Gasteiger partial charge in [0.25, 0.3) is 5.91 Å². The number of benzene rings is 1. The molecular weight excluding hydrogens is 357 g/mol. The summed E-state index contributed by atoms with van der Waals surface area (Å²) in [5.74, 6) is -1.32. The Kier molecular flexibility index (Phi) is 4.44. The van der Waals surface area contributed by atoms with Crippen LogP contribution in [0.1, 0.15) is 30.1 Å². The second kappa shape index (κ2) is 5.90. The quantitative estimate of drug-likeness (QED) is 0.811. The predicted molar refractivity (Wildman–Crippen MR) is 80.0 cm³/mol. The average Bonchev–Trinajstić information content (AvgIpc) is 2.38. The number of piperidine rings is 1. The van der Waals surface area contributed by atoms with Crippen molar-refractivity contribution in [1.82, 2.24) is 4.90 Å². The van der Waals surface area contributed by atoms with Gasteiger partial charge in [0.05, 0.1) is 11.5 Å². The molecule has 1 heterocycles. The molecule has 1 aliphatic heterocycles. The largest absolute Gasteiger partial charge is 0.481 e. The lowest BCUT2D eigenvalue weighted by molar-refractivity contribution is -0.143. The van der Waals surface area contributed by atoms with Crippen LogP contribution >= 0.6 is 22.6 Å². The maximum absolute atomic E-state index is 12.5. The Bertz CT molecular complexity index is 503. The molecule has 2 atom stereocenters. The molecule has 0 radical (unpaired) electrons. The number of hydrogen-bond donors (Lipinski definition) is 1. The molecule has 0 bridgehead atoms. The lowest BCUT2D eigenvalue weighted by Crippen LogP contribution is -2.47. The third-order valence-corrected chi connectivity index (χ3v) is 4.54. The number of aliphatic carboxylic acids is 1. The number of nitrogens with zero attached hydrogens (tertiary/aromatic N) is 1. The van der Waals surface area contributed by atoms with E-state index < -0.39 is 11.9 Å². The first-order valence-corrected chi connectivity index (χ1v) is 7.37. The lowest BCUT2D eigenvalue weighted by atomic mass is 9.93. The molecule has 0 saturated carbocycles. The summed E-state index contributed by atoms with van der Waals surface area (Å²) in [6, 6.07) is 7.49. The topological polar surface area (TPSA) is 57.6 Å². The van der Waals surface area contributed by atoms with Gasteiger partial charge in [0.1, 0.15) is 0 Å². The molecule has 2 rings (SSSR count). The van der Waals surface area contributed by atoms with Crippen molar-refractivity contribution in [2.75, 3.05) is 6.54 Å². The minimum Gasteiger partial charge on any atom is -0.481 e. The van der Waals surface area contributed by atoms with E-state index in [0.29, 0.717) is 18.5 Å². The minimum absolute atomic E-state index is 0.0662. The molecule has 1 fully saturated rings. The molecule has 5 heteroatoms. The van der Waals surface area contributed by atoms with Crippen LogP contribution in [0.25, 0.3) is 0 Å². The van der Waals surface area contributed by atoms with E-state index in [1.54, 1.807) is 11.0 Å². The summed E-state index contributed by atoms with van der Waals surface area (Å²) in [5, 5.41) is 9.11. The molecule has 1 amide bonds. The summed E-state index contributed by atoms with van der Waals surface area (Å²) in [6.45, 7) is 2.28. The van der Waals surface area contributed by atoms with Gasteiger partial charge in [0.2, 0.25) is 0 Å². The number of likely N-dealkylation sites (tertiary alicyclic amines) is 1. The number of rotatable bonds is 2. The van der Waals surface area contributed by atoms with E-state index in [1.165, 1.54) is 0 Å². The highest BCUT2D eigenvalue weighted by molar-refractivity contribution is 14.1. The van der Waals surface area contributed by atoms with Crippen molar-refractivity contribution >= 4 is 34.5 Å². The molecule has 1 saturated heterocycles. The van der Waals surface area contributed by atoms with Crippen LogP contribution < -0.4 is 0 Å². The van der Waals surface area contributed by atoms with Crippen LogP contribution in [0.15, 0.2) is 24.3 Å². The molecule has 4 nitrogen and oxygen atoms in total. The van der Waals surface area contributed by atoms with E-state index >= 15 is 0 Å². The minimum atomic E-state index is -0.813. The normalized spacial score (nSPS) is 23.2. The van der Waals surface area contributed by atoms with Crippen molar-refractivity contribution in [3.63, 3.8) is 0 Å². The molecule has 1 aromatic carbocycles. The standard InChI is InChI=1S/C14H16INO3/c1-9-6-7-10(14(18)19)8-16(9)13(17)11-4-2-3-5-12(11)15/h2-5,9-10H,6-8H2,1H3,(H,18,19). The van der Waals surface area contributed by atoms with E-state index in [0.717, 1.165) is 9.99 Å². The van der Waals surface area contributed by atoms with Crippen LogP contribution in [0.4, 0.5) is 0 Å². The van der Waals surface area contributed by atoms with Crippen LogP contribution in [0.5, 0.6) is 0 Å². The number of hydrogen-bond acceptors (Lipinski definition) is 2. The van der Waals surface area contributed by atoms with Crippen LogP contribution in [-0.2, 0) is 4.79 Å². The van der Waals surface area contributed by atoms with E-state index in [9.17, 15) is 9.59 Å². The monoisotopic (exact) mass is 373 g/mol. The number of halogens is 1. The maximum atomic E-state index is 12.5. The summed E-state index contributed by atoms with van der Waals surface area (Å²) in [5.41, 5.74) is 0.654. The number of amides is 1. The zero-order valence-corrected chi connectivity index (χ0v) is 12.8. The average molecular weight is 373 g/mol. The first-order valence-electron chi connectivity index (χ1n) is 6.29. The van der Waals surface area contributed by atoms with Crippen LogP contribution in [0.2, 0.25) is 0 Å². The zero-order chi connectivity index (χ0) is 14.0. The Labute approximate surface area is 125 Å². The van der Waals surface area contributed by atoms with Crippen molar-refractivity contribution in [2.45, 2.75) is 25.8 Å². The number of carbonyl (C=O) groups excluding carboxylic acids is 1. The highest BCUT2D eigenvalue weighted by Gasteiger charge is 2.33. The van der Waals surface area contributed by atoms with Gasteiger partial charge >= 0.3 is 5.97 Å². The van der Waals surface area contributed by atoms with Gasteiger partial charge in [-0.1, -0.05) is 12.1 Å². The Hall–Kier alpha value is -1.11. The smallest absolute Gasteiger partial charge is 0.308 e. The van der Waals surface area contributed by atoms with Gasteiger partial charge in [-0.25, -0.2) is 0 Å². The molecule has 1 N–H and O–H groups in total. The molecule has 1 aliphatic rings. The second-order valence-electron chi connectivity index (χ2n) is 4.90. The van der Waals surface area contributed by atoms with Crippen molar-refractivity contribution < 1.29 is 14.7 Å². The molecular formula is C14H16INO3. The molecule has 0 aliphatic carbocycles. The second-order valence-corrected chi connectivity index (χ2v) is 6.06. The third-order valence-electron chi connectivity index (χ3n) is 3.60. The predicted octanol–water partition coefficient (Wildman–Crippen LogP) is 2.62. The lowest BCUT2D eigenvalue weighted by Gasteiger charge is -2.36. The summed E-state index contributed by atoms with van der Waals surface area (Å²) < 4.78 is 0.898. The van der Waals surface area contributed by atoms with Crippen molar-refractivity contribution in [3.05, 3.63) is 33.4 Å². The Morgan fingerprint density at radius 3 is 2.63 bits per heavy atom. The number of carboxylic acid groups (broad SMARTS) is 1.